The lowest BCUT2D eigenvalue weighted by atomic mass is 9.49. The van der Waals surface area contributed by atoms with Crippen molar-refractivity contribution in [3.8, 4) is 0 Å². The van der Waals surface area contributed by atoms with Crippen LogP contribution in [0.2, 0.25) is 0 Å². The molecule has 0 aromatic heterocycles. The molecule has 2 heteroatoms. The molecule has 0 saturated heterocycles. The van der Waals surface area contributed by atoms with Crippen LogP contribution in [0.15, 0.2) is 33.7 Å². The number of nitrogens with zero attached hydrogens (tertiary/aromatic N) is 1. The van der Waals surface area contributed by atoms with Crippen LogP contribution in [0, 0.1) is 23.2 Å². The molecule has 5 rings (SSSR count). The van der Waals surface area contributed by atoms with E-state index in [1.54, 1.807) is 0 Å². The van der Waals surface area contributed by atoms with Crippen molar-refractivity contribution < 1.29 is 0 Å². The molecule has 1 aromatic rings. The Morgan fingerprint density at radius 2 is 1.55 bits per heavy atom. The van der Waals surface area contributed by atoms with E-state index < -0.39 is 0 Å². The zero-order valence-electron chi connectivity index (χ0n) is 11.9. The normalized spacial score (nSPS) is 38.8. The molecule has 0 aliphatic heterocycles. The van der Waals surface area contributed by atoms with E-state index in [2.05, 4.69) is 46.4 Å². The minimum atomic E-state index is 0.570. The van der Waals surface area contributed by atoms with Gasteiger partial charge >= 0.3 is 0 Å². The van der Waals surface area contributed by atoms with Crippen LogP contribution < -0.4 is 0 Å². The first kappa shape index (κ1) is 13.1. The maximum Gasteiger partial charge on any atom is 0.0446 e. The van der Waals surface area contributed by atoms with Crippen molar-refractivity contribution in [2.24, 2.45) is 28.2 Å². The third-order valence-electron chi connectivity index (χ3n) is 5.70. The van der Waals surface area contributed by atoms with Crippen LogP contribution in [0.5, 0.6) is 0 Å². The van der Waals surface area contributed by atoms with E-state index in [0.717, 1.165) is 28.8 Å². The van der Waals surface area contributed by atoms with Crippen LogP contribution in [0.3, 0.4) is 0 Å². The number of halogens is 1. The fourth-order valence-electron chi connectivity index (χ4n) is 5.38. The van der Waals surface area contributed by atoms with Crippen LogP contribution >= 0.6 is 15.9 Å². The second-order valence-corrected chi connectivity index (χ2v) is 8.35. The van der Waals surface area contributed by atoms with Gasteiger partial charge in [-0.2, -0.15) is 0 Å². The Hall–Kier alpha value is -0.630. The fraction of sp³-hybridized carbons (Fsp3) is 0.611. The lowest BCUT2D eigenvalue weighted by Gasteiger charge is -2.56. The molecule has 1 nitrogen and oxygen atoms in total. The minimum Gasteiger partial charge on any atom is -0.292 e. The van der Waals surface area contributed by atoms with Gasteiger partial charge in [0.25, 0.3) is 0 Å². The van der Waals surface area contributed by atoms with Gasteiger partial charge in [0.05, 0.1) is 0 Å². The predicted molar refractivity (Wildman–Crippen MR) is 87.2 cm³/mol. The number of hydrogen-bond donors (Lipinski definition) is 0. The summed E-state index contributed by atoms with van der Waals surface area (Å²) in [6, 6.07) is 8.44. The average Bonchev–Trinajstić information content (AvgIpc) is 2.39. The lowest BCUT2D eigenvalue weighted by Crippen LogP contribution is -2.47. The number of aliphatic imine (C=N–C) groups is 1. The standard InChI is InChI=1S/C18H22BrN/c19-17-3-1-13(2-4-17)11-20-12-18-8-14-5-15(9-18)7-16(6-14)10-18/h1-4,11,14-16H,5-10,12H2. The second kappa shape index (κ2) is 4.98. The molecule has 106 valence electrons. The summed E-state index contributed by atoms with van der Waals surface area (Å²) in [7, 11) is 0. The fourth-order valence-corrected chi connectivity index (χ4v) is 5.64. The first-order valence-corrected chi connectivity index (χ1v) is 8.75. The van der Waals surface area contributed by atoms with Crippen LogP contribution in [0.1, 0.15) is 44.1 Å². The largest absolute Gasteiger partial charge is 0.292 e. The SMILES string of the molecule is Brc1ccc(C=NCC23CC4CC(CC(C4)C2)C3)cc1. The lowest BCUT2D eigenvalue weighted by molar-refractivity contribution is -0.0464. The Labute approximate surface area is 130 Å². The molecule has 0 unspecified atom stereocenters. The third kappa shape index (κ3) is 2.47. The molecule has 20 heavy (non-hydrogen) atoms. The molecule has 0 N–H and O–H groups in total. The molecule has 1 aromatic carbocycles. The highest BCUT2D eigenvalue weighted by atomic mass is 79.9. The summed E-state index contributed by atoms with van der Waals surface area (Å²) < 4.78 is 1.13. The highest BCUT2D eigenvalue weighted by Gasteiger charge is 2.50. The number of benzene rings is 1. The maximum atomic E-state index is 4.82. The number of rotatable bonds is 3. The molecular formula is C18H22BrN. The van der Waals surface area contributed by atoms with Crippen molar-refractivity contribution in [3.05, 3.63) is 34.3 Å². The Balaban J connectivity index is 1.45. The van der Waals surface area contributed by atoms with Gasteiger partial charge in [-0.05, 0) is 79.4 Å². The van der Waals surface area contributed by atoms with Crippen molar-refractivity contribution in [1.82, 2.24) is 0 Å². The van der Waals surface area contributed by atoms with Crippen molar-refractivity contribution in [2.75, 3.05) is 6.54 Å². The predicted octanol–water partition coefficient (Wildman–Crippen LogP) is 5.08. The van der Waals surface area contributed by atoms with Gasteiger partial charge in [0.15, 0.2) is 0 Å². The maximum absolute atomic E-state index is 4.82. The minimum absolute atomic E-state index is 0.570. The van der Waals surface area contributed by atoms with Gasteiger partial charge in [0, 0.05) is 17.2 Å². The summed E-state index contributed by atoms with van der Waals surface area (Å²) in [5.74, 6) is 3.09. The molecule has 0 heterocycles. The van der Waals surface area contributed by atoms with Gasteiger partial charge in [-0.1, -0.05) is 28.1 Å². The Morgan fingerprint density at radius 3 is 2.10 bits per heavy atom. The molecular weight excluding hydrogens is 310 g/mol. The molecule has 0 radical (unpaired) electrons. The smallest absolute Gasteiger partial charge is 0.0446 e. The van der Waals surface area contributed by atoms with E-state index in [4.69, 9.17) is 4.99 Å². The summed E-state index contributed by atoms with van der Waals surface area (Å²) in [5.41, 5.74) is 1.79. The van der Waals surface area contributed by atoms with Gasteiger partial charge in [0.1, 0.15) is 0 Å². The molecule has 4 fully saturated rings. The third-order valence-corrected chi connectivity index (χ3v) is 6.23. The van der Waals surface area contributed by atoms with E-state index in [-0.39, 0.29) is 0 Å². The average molecular weight is 332 g/mol. The van der Waals surface area contributed by atoms with Gasteiger partial charge in [-0.25, -0.2) is 0 Å². The van der Waals surface area contributed by atoms with Crippen LogP contribution in [0.25, 0.3) is 0 Å². The van der Waals surface area contributed by atoms with Crippen molar-refractivity contribution >= 4 is 22.1 Å². The Morgan fingerprint density at radius 1 is 1.00 bits per heavy atom. The van der Waals surface area contributed by atoms with E-state index >= 15 is 0 Å². The Kier molecular flexibility index (Phi) is 3.25. The summed E-state index contributed by atoms with van der Waals surface area (Å²) in [4.78, 5) is 4.82. The van der Waals surface area contributed by atoms with Gasteiger partial charge < -0.3 is 0 Å². The van der Waals surface area contributed by atoms with Crippen molar-refractivity contribution in [3.63, 3.8) is 0 Å². The van der Waals surface area contributed by atoms with E-state index in [0.29, 0.717) is 5.41 Å². The van der Waals surface area contributed by atoms with Crippen molar-refractivity contribution in [2.45, 2.75) is 38.5 Å². The highest BCUT2D eigenvalue weighted by molar-refractivity contribution is 9.10. The topological polar surface area (TPSA) is 12.4 Å². The molecule has 0 spiro atoms. The van der Waals surface area contributed by atoms with Crippen LogP contribution in [-0.4, -0.2) is 12.8 Å². The molecule has 0 amide bonds. The van der Waals surface area contributed by atoms with Gasteiger partial charge in [-0.3, -0.25) is 4.99 Å². The zero-order valence-corrected chi connectivity index (χ0v) is 13.5. The quantitative estimate of drug-likeness (QED) is 0.684. The van der Waals surface area contributed by atoms with Gasteiger partial charge in [0.2, 0.25) is 0 Å². The van der Waals surface area contributed by atoms with Gasteiger partial charge in [-0.15, -0.1) is 0 Å². The molecule has 4 aliphatic carbocycles. The highest BCUT2D eigenvalue weighted by Crippen LogP contribution is 2.60. The van der Waals surface area contributed by atoms with E-state index in [9.17, 15) is 0 Å². The van der Waals surface area contributed by atoms with Crippen molar-refractivity contribution in [1.29, 1.82) is 0 Å². The Bertz CT molecular complexity index is 481. The zero-order chi connectivity index (χ0) is 13.6. The first-order valence-electron chi connectivity index (χ1n) is 7.96. The molecule has 4 saturated carbocycles. The number of hydrogen-bond acceptors (Lipinski definition) is 1. The summed E-state index contributed by atoms with van der Waals surface area (Å²) >= 11 is 3.48. The monoisotopic (exact) mass is 331 g/mol. The summed E-state index contributed by atoms with van der Waals surface area (Å²) in [6.07, 6.45) is 11.0. The van der Waals surface area contributed by atoms with E-state index in [1.807, 2.05) is 0 Å². The molecule has 0 atom stereocenters. The second-order valence-electron chi connectivity index (χ2n) is 7.44. The summed E-state index contributed by atoms with van der Waals surface area (Å²) in [5, 5.41) is 0. The first-order chi connectivity index (χ1) is 9.71. The molecule has 4 aliphatic rings. The van der Waals surface area contributed by atoms with Crippen LogP contribution in [-0.2, 0) is 0 Å². The summed E-state index contributed by atoms with van der Waals surface area (Å²) in [6.45, 7) is 1.06. The van der Waals surface area contributed by atoms with E-state index in [1.165, 1.54) is 44.1 Å². The van der Waals surface area contributed by atoms with Crippen LogP contribution in [0.4, 0.5) is 0 Å². The molecule has 4 bridgehead atoms.